The summed E-state index contributed by atoms with van der Waals surface area (Å²) in [6.07, 6.45) is -1.95. The number of alkyl halides is 3. The van der Waals surface area contributed by atoms with Gasteiger partial charge in [-0.2, -0.15) is 13.2 Å². The molecule has 1 aliphatic heterocycles. The molecule has 228 valence electrons. The van der Waals surface area contributed by atoms with Gasteiger partial charge in [0.2, 0.25) is 0 Å². The fourth-order valence-corrected chi connectivity index (χ4v) is 5.73. The molecule has 0 atom stereocenters. The number of halogens is 4. The Bertz CT molecular complexity index is 1900. The minimum atomic E-state index is -4.93. The molecule has 0 saturated heterocycles. The van der Waals surface area contributed by atoms with Gasteiger partial charge in [0.15, 0.2) is 0 Å². The van der Waals surface area contributed by atoms with Gasteiger partial charge in [0, 0.05) is 33.3 Å². The molecule has 0 fully saturated rings. The highest BCUT2D eigenvalue weighted by Gasteiger charge is 2.37. The number of imide groups is 1. The number of ether oxygens (including phenoxy) is 1. The van der Waals surface area contributed by atoms with Crippen LogP contribution in [0.2, 0.25) is 0 Å². The van der Waals surface area contributed by atoms with Gasteiger partial charge < -0.3 is 9.64 Å². The first kappa shape index (κ1) is 29.9. The quantitative estimate of drug-likeness (QED) is 0.129. The van der Waals surface area contributed by atoms with Crippen LogP contribution in [0.4, 0.5) is 40.3 Å². The van der Waals surface area contributed by atoms with Crippen molar-refractivity contribution in [2.24, 2.45) is 0 Å². The number of benzene rings is 5. The van der Waals surface area contributed by atoms with Crippen LogP contribution in [-0.2, 0) is 12.6 Å². The molecule has 0 spiro atoms. The summed E-state index contributed by atoms with van der Waals surface area (Å²) in [7, 11) is 1.49. The first-order valence-corrected chi connectivity index (χ1v) is 14.5. The van der Waals surface area contributed by atoms with Gasteiger partial charge in [0.25, 0.3) is 11.8 Å². The van der Waals surface area contributed by atoms with Crippen LogP contribution in [0, 0.1) is 5.82 Å². The number of methoxy groups -OCH3 is 1. The van der Waals surface area contributed by atoms with Crippen LogP contribution in [0.25, 0.3) is 10.8 Å². The number of hydrogen-bond donors (Lipinski definition) is 0. The first-order chi connectivity index (χ1) is 21.6. The normalized spacial score (nSPS) is 13.0. The molecule has 5 aromatic carbocycles. The summed E-state index contributed by atoms with van der Waals surface area (Å²) >= 11 is 0. The van der Waals surface area contributed by atoms with Gasteiger partial charge in [0.1, 0.15) is 11.6 Å². The molecule has 1 heterocycles. The first-order valence-electron chi connectivity index (χ1n) is 14.5. The molecule has 0 aromatic heterocycles. The predicted molar refractivity (Wildman–Crippen MR) is 166 cm³/mol. The van der Waals surface area contributed by atoms with Crippen molar-refractivity contribution in [3.05, 3.63) is 125 Å². The van der Waals surface area contributed by atoms with Crippen LogP contribution < -0.4 is 14.5 Å². The molecule has 0 radical (unpaired) electrons. The van der Waals surface area contributed by atoms with E-state index in [-0.39, 0.29) is 16.8 Å². The number of nitrogens with zero attached hydrogens (tertiary/aromatic N) is 2. The summed E-state index contributed by atoms with van der Waals surface area (Å²) in [4.78, 5) is 30.4. The van der Waals surface area contributed by atoms with Gasteiger partial charge in [-0.1, -0.05) is 37.6 Å². The van der Waals surface area contributed by atoms with Crippen molar-refractivity contribution in [3.63, 3.8) is 0 Å². The number of hydrogen-bond acceptors (Lipinski definition) is 4. The van der Waals surface area contributed by atoms with Crippen LogP contribution in [-0.4, -0.2) is 18.9 Å². The number of anilines is 4. The highest BCUT2D eigenvalue weighted by Crippen LogP contribution is 2.44. The van der Waals surface area contributed by atoms with E-state index in [9.17, 15) is 27.2 Å². The maximum atomic E-state index is 14.3. The monoisotopic (exact) mass is 612 g/mol. The van der Waals surface area contributed by atoms with E-state index in [1.165, 1.54) is 18.1 Å². The Morgan fingerprint density at radius 1 is 0.800 bits per heavy atom. The second kappa shape index (κ2) is 11.7. The van der Waals surface area contributed by atoms with E-state index in [0.717, 1.165) is 41.9 Å². The number of carbonyl (C=O) groups is 2. The summed E-state index contributed by atoms with van der Waals surface area (Å²) in [6, 6.07) is 25.0. The van der Waals surface area contributed by atoms with E-state index in [4.69, 9.17) is 4.74 Å². The molecular weight excluding hydrogens is 584 g/mol. The second-order valence-electron chi connectivity index (χ2n) is 10.8. The van der Waals surface area contributed by atoms with Crippen LogP contribution in [0.1, 0.15) is 51.6 Å². The number of unbranched alkanes of at least 4 members (excludes halogenated alkanes) is 1. The lowest BCUT2D eigenvalue weighted by atomic mass is 9.92. The van der Waals surface area contributed by atoms with Crippen molar-refractivity contribution in [2.45, 2.75) is 32.4 Å². The van der Waals surface area contributed by atoms with Gasteiger partial charge in [0.05, 0.1) is 24.0 Å². The zero-order valence-electron chi connectivity index (χ0n) is 24.5. The summed E-state index contributed by atoms with van der Waals surface area (Å²) in [6.45, 7) is 2.11. The number of amides is 2. The average molecular weight is 613 g/mol. The Morgan fingerprint density at radius 3 is 2.11 bits per heavy atom. The predicted octanol–water partition coefficient (Wildman–Crippen LogP) is 9.62. The van der Waals surface area contributed by atoms with Gasteiger partial charge in [-0.25, -0.2) is 9.29 Å². The Labute approximate surface area is 257 Å². The lowest BCUT2D eigenvalue weighted by Crippen LogP contribution is -2.40. The highest BCUT2D eigenvalue weighted by atomic mass is 19.4. The van der Waals surface area contributed by atoms with Crippen LogP contribution in [0.3, 0.4) is 0 Å². The van der Waals surface area contributed by atoms with Crippen LogP contribution in [0.15, 0.2) is 97.1 Å². The number of rotatable bonds is 8. The Kier molecular flexibility index (Phi) is 7.78. The Balaban J connectivity index is 1.51. The molecule has 0 unspecified atom stereocenters. The van der Waals surface area contributed by atoms with Crippen molar-refractivity contribution >= 4 is 45.3 Å². The zero-order chi connectivity index (χ0) is 31.9. The van der Waals surface area contributed by atoms with E-state index >= 15 is 0 Å². The van der Waals surface area contributed by atoms with E-state index in [1.807, 2.05) is 12.1 Å². The molecule has 6 rings (SSSR count). The molecule has 45 heavy (non-hydrogen) atoms. The lowest BCUT2D eigenvalue weighted by molar-refractivity contribution is -0.139. The van der Waals surface area contributed by atoms with E-state index < -0.39 is 29.4 Å². The van der Waals surface area contributed by atoms with E-state index in [2.05, 4.69) is 6.92 Å². The maximum absolute atomic E-state index is 14.3. The summed E-state index contributed by atoms with van der Waals surface area (Å²) in [5.74, 6) is -1.88. The third kappa shape index (κ3) is 5.39. The van der Waals surface area contributed by atoms with Gasteiger partial charge in [-0.15, -0.1) is 0 Å². The summed E-state index contributed by atoms with van der Waals surface area (Å²) in [5, 5.41) is 0.854. The smallest absolute Gasteiger partial charge is 0.419 e. The van der Waals surface area contributed by atoms with E-state index in [0.29, 0.717) is 33.6 Å². The number of carbonyl (C=O) groups excluding carboxylic acids is 2. The lowest BCUT2D eigenvalue weighted by Gasteiger charge is -2.31. The van der Waals surface area contributed by atoms with E-state index in [1.54, 1.807) is 66.7 Å². The SMILES string of the molecule is CCCCc1ccc(N2C(=O)c3cccc4c(N(c5ccc(OC)cc5)c5ccc(F)c(C(F)(F)F)c5)ccc(c34)C2=O)cc1. The minimum absolute atomic E-state index is 0.0350. The van der Waals surface area contributed by atoms with Crippen LogP contribution in [0.5, 0.6) is 5.75 Å². The molecule has 5 nitrogen and oxygen atoms in total. The topological polar surface area (TPSA) is 49.9 Å². The molecule has 2 amide bonds. The fourth-order valence-electron chi connectivity index (χ4n) is 5.73. The van der Waals surface area contributed by atoms with Crippen molar-refractivity contribution in [3.8, 4) is 5.75 Å². The fraction of sp³-hybridized carbons (Fsp3) is 0.167. The molecule has 0 saturated carbocycles. The molecule has 0 bridgehead atoms. The van der Waals surface area contributed by atoms with Gasteiger partial charge in [-0.05, 0) is 91.2 Å². The number of aryl methyl sites for hydroxylation is 1. The zero-order valence-corrected chi connectivity index (χ0v) is 24.5. The molecule has 0 aliphatic carbocycles. The van der Waals surface area contributed by atoms with Crippen LogP contribution >= 0.6 is 0 Å². The molecule has 1 aliphatic rings. The largest absolute Gasteiger partial charge is 0.497 e. The minimum Gasteiger partial charge on any atom is -0.497 e. The van der Waals surface area contributed by atoms with Crippen molar-refractivity contribution in [1.29, 1.82) is 0 Å². The second-order valence-corrected chi connectivity index (χ2v) is 10.8. The summed E-state index contributed by atoms with van der Waals surface area (Å²) in [5.41, 5.74) is 1.59. The Morgan fingerprint density at radius 2 is 1.47 bits per heavy atom. The molecule has 9 heteroatoms. The maximum Gasteiger partial charge on any atom is 0.419 e. The van der Waals surface area contributed by atoms with Gasteiger partial charge in [-0.3, -0.25) is 9.59 Å². The standard InChI is InChI=1S/C36H28F4N2O3/c1-3-4-6-22-9-11-24(12-10-22)42-34(43)28-8-5-7-27-32(20-18-29(33(27)28)35(42)44)41(23-13-16-26(45-2)17-14-23)25-15-19-31(37)30(21-25)36(38,39)40/h5,7-21H,3-4,6H2,1-2H3. The van der Waals surface area contributed by atoms with Gasteiger partial charge >= 0.3 is 6.18 Å². The van der Waals surface area contributed by atoms with Crippen molar-refractivity contribution < 1.29 is 31.9 Å². The Hall–Kier alpha value is -5.18. The molecular formula is C36H28F4N2O3. The third-order valence-corrected chi connectivity index (χ3v) is 7.98. The molecule has 5 aromatic rings. The third-order valence-electron chi connectivity index (χ3n) is 7.98. The average Bonchev–Trinajstić information content (AvgIpc) is 3.04. The highest BCUT2D eigenvalue weighted by molar-refractivity contribution is 6.36. The van der Waals surface area contributed by atoms with Crippen molar-refractivity contribution in [1.82, 2.24) is 0 Å². The molecule has 0 N–H and O–H groups in total. The summed E-state index contributed by atoms with van der Waals surface area (Å²) < 4.78 is 61.0. The van der Waals surface area contributed by atoms with Crippen molar-refractivity contribution in [2.75, 3.05) is 16.9 Å².